The molecule has 108 valence electrons. The summed E-state index contributed by atoms with van der Waals surface area (Å²) < 4.78 is 16.3. The normalized spacial score (nSPS) is 10.6. The molecule has 0 bridgehead atoms. The molecule has 0 atom stereocenters. The number of aromatic nitrogens is 1. The van der Waals surface area contributed by atoms with E-state index in [0.717, 1.165) is 17.9 Å². The van der Waals surface area contributed by atoms with E-state index in [9.17, 15) is 5.11 Å². The van der Waals surface area contributed by atoms with Crippen LogP contribution < -0.4 is 9.47 Å². The predicted octanol–water partition coefficient (Wildman–Crippen LogP) is 2.84. The molecule has 0 spiro atoms. The monoisotopic (exact) mass is 277 g/mol. The van der Waals surface area contributed by atoms with Gasteiger partial charge in [-0.2, -0.15) is 0 Å². The molecule has 0 unspecified atom stereocenters. The van der Waals surface area contributed by atoms with Crippen molar-refractivity contribution in [3.63, 3.8) is 0 Å². The summed E-state index contributed by atoms with van der Waals surface area (Å²) in [7, 11) is 0. The number of rotatable bonds is 7. The molecule has 1 heterocycles. The van der Waals surface area contributed by atoms with Gasteiger partial charge in [0.2, 0.25) is 0 Å². The first kappa shape index (κ1) is 14.4. The van der Waals surface area contributed by atoms with Gasteiger partial charge in [-0.1, -0.05) is 12.1 Å². The molecule has 5 nitrogen and oxygen atoms in total. The van der Waals surface area contributed by atoms with Crippen molar-refractivity contribution in [3.8, 4) is 11.5 Å². The Hall–Kier alpha value is -2.01. The zero-order valence-corrected chi connectivity index (χ0v) is 11.8. The fraction of sp³-hybridized carbons (Fsp3) is 0.400. The van der Waals surface area contributed by atoms with E-state index in [1.807, 2.05) is 26.0 Å². The molecule has 1 aromatic heterocycles. The average molecular weight is 277 g/mol. The molecule has 2 aromatic rings. The van der Waals surface area contributed by atoms with Gasteiger partial charge in [-0.05, 0) is 25.5 Å². The van der Waals surface area contributed by atoms with Gasteiger partial charge in [0, 0.05) is 17.7 Å². The fourth-order valence-electron chi connectivity index (χ4n) is 1.74. The lowest BCUT2D eigenvalue weighted by Gasteiger charge is -2.11. The maximum absolute atomic E-state index is 9.33. The minimum atomic E-state index is -0.0845. The molecule has 0 radical (unpaired) electrons. The Morgan fingerprint density at radius 1 is 1.25 bits per heavy atom. The average Bonchev–Trinajstić information content (AvgIpc) is 2.88. The highest BCUT2D eigenvalue weighted by molar-refractivity contribution is 5.40. The molecule has 0 amide bonds. The molecule has 1 N–H and O–H groups in total. The van der Waals surface area contributed by atoms with Crippen LogP contribution in [0.25, 0.3) is 0 Å². The maximum Gasteiger partial charge on any atom is 0.174 e. The Morgan fingerprint density at radius 3 is 2.75 bits per heavy atom. The molecule has 0 aliphatic carbocycles. The van der Waals surface area contributed by atoms with Crippen LogP contribution in [0.1, 0.15) is 30.4 Å². The highest BCUT2D eigenvalue weighted by atomic mass is 16.5. The van der Waals surface area contributed by atoms with E-state index in [2.05, 4.69) is 5.16 Å². The molecule has 5 heteroatoms. The number of benzene rings is 1. The third kappa shape index (κ3) is 3.74. The highest BCUT2D eigenvalue weighted by Gasteiger charge is 2.08. The maximum atomic E-state index is 9.33. The quantitative estimate of drug-likeness (QED) is 0.843. The largest absolute Gasteiger partial charge is 0.493 e. The fourth-order valence-corrected chi connectivity index (χ4v) is 1.74. The van der Waals surface area contributed by atoms with Crippen molar-refractivity contribution in [2.45, 2.75) is 33.5 Å². The van der Waals surface area contributed by atoms with Crippen LogP contribution in [0.4, 0.5) is 0 Å². The van der Waals surface area contributed by atoms with Crippen molar-refractivity contribution >= 4 is 0 Å². The van der Waals surface area contributed by atoms with Crippen LogP contribution in [0.5, 0.6) is 11.5 Å². The molecular formula is C15H19NO4. The van der Waals surface area contributed by atoms with Crippen LogP contribution in [-0.2, 0) is 13.2 Å². The molecule has 2 rings (SSSR count). The third-order valence-corrected chi connectivity index (χ3v) is 2.73. The van der Waals surface area contributed by atoms with E-state index >= 15 is 0 Å². The van der Waals surface area contributed by atoms with E-state index in [-0.39, 0.29) is 13.2 Å². The van der Waals surface area contributed by atoms with Crippen molar-refractivity contribution in [1.29, 1.82) is 0 Å². The first-order chi connectivity index (χ1) is 9.72. The summed E-state index contributed by atoms with van der Waals surface area (Å²) in [6, 6.07) is 7.22. The number of aliphatic hydroxyl groups excluding tert-OH is 1. The van der Waals surface area contributed by atoms with Gasteiger partial charge in [-0.3, -0.25) is 0 Å². The standard InChI is InChI=1S/C15H19NO4/c1-3-6-18-13-5-4-12(9-17)15(8-13)19-10-14-7-11(2)16-20-14/h4-5,7-8,17H,3,6,9-10H2,1-2H3. The molecule has 0 aliphatic rings. The van der Waals surface area contributed by atoms with E-state index in [4.69, 9.17) is 14.0 Å². The first-order valence-electron chi connectivity index (χ1n) is 6.64. The molecular weight excluding hydrogens is 258 g/mol. The molecule has 0 saturated heterocycles. The van der Waals surface area contributed by atoms with Crippen molar-refractivity contribution in [1.82, 2.24) is 5.16 Å². The highest BCUT2D eigenvalue weighted by Crippen LogP contribution is 2.26. The number of hydrogen-bond acceptors (Lipinski definition) is 5. The van der Waals surface area contributed by atoms with Gasteiger partial charge in [-0.25, -0.2) is 0 Å². The summed E-state index contributed by atoms with van der Waals surface area (Å²) in [4.78, 5) is 0. The second-order valence-electron chi connectivity index (χ2n) is 4.50. The molecule has 20 heavy (non-hydrogen) atoms. The summed E-state index contributed by atoms with van der Waals surface area (Å²) in [5.74, 6) is 1.97. The van der Waals surface area contributed by atoms with Crippen LogP contribution in [0.2, 0.25) is 0 Å². The van der Waals surface area contributed by atoms with Crippen LogP contribution in [0.15, 0.2) is 28.8 Å². The molecule has 0 aliphatic heterocycles. The van der Waals surface area contributed by atoms with Crippen LogP contribution >= 0.6 is 0 Å². The summed E-state index contributed by atoms with van der Waals surface area (Å²) in [5, 5.41) is 13.1. The minimum absolute atomic E-state index is 0.0845. The van der Waals surface area contributed by atoms with Gasteiger partial charge < -0.3 is 19.1 Å². The number of ether oxygens (including phenoxy) is 2. The van der Waals surface area contributed by atoms with Gasteiger partial charge >= 0.3 is 0 Å². The Kier molecular flexibility index (Phi) is 5.01. The lowest BCUT2D eigenvalue weighted by molar-refractivity contribution is 0.231. The third-order valence-electron chi connectivity index (χ3n) is 2.73. The molecule has 1 aromatic carbocycles. The second kappa shape index (κ2) is 6.96. The Bertz CT molecular complexity index is 551. The lowest BCUT2D eigenvalue weighted by atomic mass is 10.2. The molecule has 0 saturated carbocycles. The van der Waals surface area contributed by atoms with Crippen LogP contribution in [-0.4, -0.2) is 16.9 Å². The summed E-state index contributed by atoms with van der Waals surface area (Å²) >= 11 is 0. The van der Waals surface area contributed by atoms with Gasteiger partial charge in [0.25, 0.3) is 0 Å². The van der Waals surface area contributed by atoms with Gasteiger partial charge in [0.15, 0.2) is 5.76 Å². The Balaban J connectivity index is 2.07. The van der Waals surface area contributed by atoms with E-state index in [0.29, 0.717) is 23.7 Å². The summed E-state index contributed by atoms with van der Waals surface area (Å²) in [5.41, 5.74) is 1.52. The smallest absolute Gasteiger partial charge is 0.174 e. The number of hydrogen-bond donors (Lipinski definition) is 1. The number of nitrogens with zero attached hydrogens (tertiary/aromatic N) is 1. The zero-order valence-electron chi connectivity index (χ0n) is 11.8. The van der Waals surface area contributed by atoms with E-state index in [1.54, 1.807) is 12.1 Å². The van der Waals surface area contributed by atoms with Gasteiger partial charge in [-0.15, -0.1) is 0 Å². The predicted molar refractivity (Wildman–Crippen MR) is 73.7 cm³/mol. The zero-order chi connectivity index (χ0) is 14.4. The number of aliphatic hydroxyl groups is 1. The first-order valence-corrected chi connectivity index (χ1v) is 6.64. The number of aryl methyl sites for hydroxylation is 1. The van der Waals surface area contributed by atoms with E-state index < -0.39 is 0 Å². The Labute approximate surface area is 118 Å². The van der Waals surface area contributed by atoms with Crippen molar-refractivity contribution in [2.75, 3.05) is 6.61 Å². The SMILES string of the molecule is CCCOc1ccc(CO)c(OCc2cc(C)no2)c1. The topological polar surface area (TPSA) is 64.7 Å². The van der Waals surface area contributed by atoms with Crippen LogP contribution in [0, 0.1) is 6.92 Å². The van der Waals surface area contributed by atoms with Crippen molar-refractivity contribution in [3.05, 3.63) is 41.3 Å². The van der Waals surface area contributed by atoms with E-state index in [1.165, 1.54) is 0 Å². The molecule has 0 fully saturated rings. The minimum Gasteiger partial charge on any atom is -0.493 e. The van der Waals surface area contributed by atoms with Crippen molar-refractivity contribution in [2.24, 2.45) is 0 Å². The van der Waals surface area contributed by atoms with Crippen molar-refractivity contribution < 1.29 is 19.1 Å². The lowest BCUT2D eigenvalue weighted by Crippen LogP contribution is -2.00. The summed E-state index contributed by atoms with van der Waals surface area (Å²) in [6.07, 6.45) is 0.940. The van der Waals surface area contributed by atoms with Gasteiger partial charge in [0.05, 0.1) is 18.9 Å². The second-order valence-corrected chi connectivity index (χ2v) is 4.50. The summed E-state index contributed by atoms with van der Waals surface area (Å²) in [6.45, 7) is 4.74. The van der Waals surface area contributed by atoms with Crippen LogP contribution in [0.3, 0.4) is 0 Å². The Morgan fingerprint density at radius 2 is 2.10 bits per heavy atom. The van der Waals surface area contributed by atoms with Gasteiger partial charge in [0.1, 0.15) is 18.1 Å².